The molecule has 20 heavy (non-hydrogen) atoms. The average Bonchev–Trinajstić information content (AvgIpc) is 2.63. The Morgan fingerprint density at radius 3 is 2.20 bits per heavy atom. The van der Waals surface area contributed by atoms with E-state index in [-0.39, 0.29) is 11.3 Å². The topological polar surface area (TPSA) is 49.3 Å². The molecule has 2 N–H and O–H groups in total. The fourth-order valence-corrected chi connectivity index (χ4v) is 4.22. The number of rotatable bonds is 3. The van der Waals surface area contributed by atoms with E-state index in [4.69, 9.17) is 0 Å². The molecule has 2 aliphatic carbocycles. The zero-order valence-electron chi connectivity index (χ0n) is 13.3. The van der Waals surface area contributed by atoms with Crippen molar-refractivity contribution in [2.75, 3.05) is 0 Å². The molecule has 3 nitrogen and oxygen atoms in total. The first kappa shape index (κ1) is 15.8. The second kappa shape index (κ2) is 6.46. The second-order valence-corrected chi connectivity index (χ2v) is 7.54. The highest BCUT2D eigenvalue weighted by Gasteiger charge is 2.46. The number of hydrogen-bond donors (Lipinski definition) is 2. The van der Waals surface area contributed by atoms with Crippen LogP contribution in [0, 0.1) is 17.3 Å². The van der Waals surface area contributed by atoms with E-state index < -0.39 is 5.97 Å². The third-order valence-electron chi connectivity index (χ3n) is 6.04. The third kappa shape index (κ3) is 3.36. The van der Waals surface area contributed by atoms with E-state index >= 15 is 0 Å². The summed E-state index contributed by atoms with van der Waals surface area (Å²) in [7, 11) is 0. The quantitative estimate of drug-likeness (QED) is 0.773. The molecule has 116 valence electrons. The second-order valence-electron chi connectivity index (χ2n) is 7.54. The lowest BCUT2D eigenvalue weighted by Crippen LogP contribution is -2.53. The fraction of sp³-hybridized carbons (Fsp3) is 0.941. The van der Waals surface area contributed by atoms with Crippen LogP contribution in [-0.2, 0) is 4.79 Å². The van der Waals surface area contributed by atoms with Gasteiger partial charge in [-0.1, -0.05) is 46.5 Å². The highest BCUT2D eigenvalue weighted by molar-refractivity contribution is 5.71. The first-order valence-corrected chi connectivity index (χ1v) is 8.41. The van der Waals surface area contributed by atoms with E-state index in [1.54, 1.807) is 0 Å². The number of hydrogen-bond acceptors (Lipinski definition) is 2. The molecule has 2 rings (SSSR count). The molecular weight excluding hydrogens is 250 g/mol. The minimum absolute atomic E-state index is 0.119. The zero-order valence-corrected chi connectivity index (χ0v) is 13.3. The van der Waals surface area contributed by atoms with Gasteiger partial charge in [0.25, 0.3) is 0 Å². The lowest BCUT2D eigenvalue weighted by Gasteiger charge is -2.47. The Bertz CT molecular complexity index is 332. The van der Waals surface area contributed by atoms with Gasteiger partial charge in [0.2, 0.25) is 0 Å². The summed E-state index contributed by atoms with van der Waals surface area (Å²) in [6.07, 6.45) is 9.88. The van der Waals surface area contributed by atoms with Crippen LogP contribution in [0.1, 0.15) is 72.1 Å². The molecule has 0 bridgehead atoms. The van der Waals surface area contributed by atoms with Crippen LogP contribution in [-0.4, -0.2) is 23.2 Å². The van der Waals surface area contributed by atoms with Crippen molar-refractivity contribution in [3.05, 3.63) is 0 Å². The van der Waals surface area contributed by atoms with E-state index in [1.165, 1.54) is 38.5 Å². The van der Waals surface area contributed by atoms with Gasteiger partial charge in [-0.3, -0.25) is 4.79 Å². The van der Waals surface area contributed by atoms with Crippen molar-refractivity contribution < 1.29 is 9.90 Å². The summed E-state index contributed by atoms with van der Waals surface area (Å²) >= 11 is 0. The average molecular weight is 281 g/mol. The van der Waals surface area contributed by atoms with Gasteiger partial charge in [0.1, 0.15) is 0 Å². The number of nitrogens with one attached hydrogen (secondary N) is 1. The highest BCUT2D eigenvalue weighted by atomic mass is 16.4. The monoisotopic (exact) mass is 281 g/mol. The maximum absolute atomic E-state index is 11.4. The summed E-state index contributed by atoms with van der Waals surface area (Å²) in [5.74, 6) is -0.389. The van der Waals surface area contributed by atoms with Crippen molar-refractivity contribution in [3.63, 3.8) is 0 Å². The molecule has 0 radical (unpaired) electrons. The molecule has 0 aromatic heterocycles. The van der Waals surface area contributed by atoms with Crippen LogP contribution in [0.25, 0.3) is 0 Å². The van der Waals surface area contributed by atoms with Crippen LogP contribution in [0.15, 0.2) is 0 Å². The van der Waals surface area contributed by atoms with Gasteiger partial charge in [0.05, 0.1) is 5.92 Å². The summed E-state index contributed by atoms with van der Waals surface area (Å²) in [6, 6.07) is 1.14. The molecule has 0 amide bonds. The largest absolute Gasteiger partial charge is 0.481 e. The predicted molar refractivity (Wildman–Crippen MR) is 81.7 cm³/mol. The zero-order chi connectivity index (χ0) is 14.8. The molecule has 2 aliphatic rings. The molecule has 0 spiro atoms. The lowest BCUT2D eigenvalue weighted by molar-refractivity contribution is -0.150. The highest BCUT2D eigenvalue weighted by Crippen LogP contribution is 2.45. The van der Waals surface area contributed by atoms with Crippen LogP contribution in [0.2, 0.25) is 0 Å². The Morgan fingerprint density at radius 1 is 1.05 bits per heavy atom. The molecule has 0 aliphatic heterocycles. The standard InChI is InChI=1S/C17H31NO2/c1-12-15(18-13-8-6-4-5-7-9-13)11-10-14(16(19)20)17(12,2)3/h12-15,18H,4-11H2,1-3H3,(H,19,20). The van der Waals surface area contributed by atoms with Crippen molar-refractivity contribution in [3.8, 4) is 0 Å². The van der Waals surface area contributed by atoms with Gasteiger partial charge in [-0.15, -0.1) is 0 Å². The van der Waals surface area contributed by atoms with Gasteiger partial charge in [-0.2, -0.15) is 0 Å². The normalized spacial score (nSPS) is 35.5. The van der Waals surface area contributed by atoms with E-state index in [0.29, 0.717) is 18.0 Å². The Morgan fingerprint density at radius 2 is 1.65 bits per heavy atom. The summed E-state index contributed by atoms with van der Waals surface area (Å²) < 4.78 is 0. The molecule has 0 saturated heterocycles. The van der Waals surface area contributed by atoms with Crippen LogP contribution >= 0.6 is 0 Å². The van der Waals surface area contributed by atoms with Gasteiger partial charge in [0.15, 0.2) is 0 Å². The summed E-state index contributed by atoms with van der Waals surface area (Å²) in [5.41, 5.74) is -0.119. The minimum atomic E-state index is -0.616. The number of aliphatic carboxylic acids is 1. The number of carboxylic acid groups (broad SMARTS) is 1. The predicted octanol–water partition coefficient (Wildman–Crippen LogP) is 3.82. The van der Waals surface area contributed by atoms with Crippen molar-refractivity contribution in [2.45, 2.75) is 84.2 Å². The maximum Gasteiger partial charge on any atom is 0.307 e. The SMILES string of the molecule is CC1C(NC2CCCCCC2)CCC(C(=O)O)C1(C)C. The van der Waals surface area contributed by atoms with Gasteiger partial charge in [-0.05, 0) is 37.0 Å². The molecule has 3 heteroatoms. The molecule has 0 aromatic rings. The van der Waals surface area contributed by atoms with E-state index in [9.17, 15) is 9.90 Å². The van der Waals surface area contributed by atoms with Crippen LogP contribution in [0.4, 0.5) is 0 Å². The number of carboxylic acids is 1. The van der Waals surface area contributed by atoms with Crippen LogP contribution in [0.5, 0.6) is 0 Å². The molecule has 2 fully saturated rings. The first-order valence-electron chi connectivity index (χ1n) is 8.41. The molecule has 2 saturated carbocycles. The summed E-state index contributed by atoms with van der Waals surface area (Å²) in [5, 5.41) is 13.3. The van der Waals surface area contributed by atoms with Gasteiger partial charge in [0, 0.05) is 12.1 Å². The molecule has 3 atom stereocenters. The van der Waals surface area contributed by atoms with E-state index in [1.807, 2.05) is 0 Å². The van der Waals surface area contributed by atoms with Crippen molar-refractivity contribution >= 4 is 5.97 Å². The van der Waals surface area contributed by atoms with E-state index in [0.717, 1.165) is 12.8 Å². The van der Waals surface area contributed by atoms with Crippen molar-refractivity contribution in [1.82, 2.24) is 5.32 Å². The first-order chi connectivity index (χ1) is 9.43. The Labute approximate surface area is 123 Å². The molecule has 0 aromatic carbocycles. The Kier molecular flexibility index (Phi) is 5.11. The summed E-state index contributed by atoms with van der Waals surface area (Å²) in [4.78, 5) is 11.4. The smallest absolute Gasteiger partial charge is 0.307 e. The van der Waals surface area contributed by atoms with Gasteiger partial charge in [-0.25, -0.2) is 0 Å². The Balaban J connectivity index is 1.98. The molecule has 3 unspecified atom stereocenters. The van der Waals surface area contributed by atoms with E-state index in [2.05, 4.69) is 26.1 Å². The van der Waals surface area contributed by atoms with Crippen molar-refractivity contribution in [1.29, 1.82) is 0 Å². The minimum Gasteiger partial charge on any atom is -0.481 e. The molecular formula is C17H31NO2. The Hall–Kier alpha value is -0.570. The molecule has 0 heterocycles. The fourth-order valence-electron chi connectivity index (χ4n) is 4.22. The van der Waals surface area contributed by atoms with Crippen molar-refractivity contribution in [2.24, 2.45) is 17.3 Å². The van der Waals surface area contributed by atoms with Crippen LogP contribution in [0.3, 0.4) is 0 Å². The van der Waals surface area contributed by atoms with Gasteiger partial charge >= 0.3 is 5.97 Å². The third-order valence-corrected chi connectivity index (χ3v) is 6.04. The number of carbonyl (C=O) groups is 1. The maximum atomic E-state index is 11.4. The lowest BCUT2D eigenvalue weighted by atomic mass is 9.61. The summed E-state index contributed by atoms with van der Waals surface area (Å²) in [6.45, 7) is 6.51. The van der Waals surface area contributed by atoms with Gasteiger partial charge < -0.3 is 10.4 Å². The van der Waals surface area contributed by atoms with Crippen LogP contribution < -0.4 is 5.32 Å².